The molecule has 0 radical (unpaired) electrons. The van der Waals surface area contributed by atoms with Gasteiger partial charge in [-0.15, -0.1) is 0 Å². The van der Waals surface area contributed by atoms with Gasteiger partial charge in [0.15, 0.2) is 17.4 Å². The number of piperazine rings is 1. The van der Waals surface area contributed by atoms with Crippen LogP contribution in [-0.4, -0.2) is 107 Å². The van der Waals surface area contributed by atoms with Gasteiger partial charge in [-0.25, -0.2) is 9.37 Å². The molecule has 11 nitrogen and oxygen atoms in total. The third kappa shape index (κ3) is 6.37. The standard InChI is InChI=1S/C28H29ClF2N6O5/c1-42-22-5-2-16(24(30)25(22)31)10-18-12-32-26(33-18)27(40)34-17-3-4-20(21(29)11-17)28(41)37-8-6-36(7-9-37)23(39)15-35-13-19(38)14-35/h2-5,11-12,19,38H,6-10,13-15H2,1H3,(H,32,33)(H,34,40). The zero-order chi connectivity index (χ0) is 30.0. The zero-order valence-corrected chi connectivity index (χ0v) is 23.5. The average molecular weight is 603 g/mol. The number of anilines is 1. The van der Waals surface area contributed by atoms with E-state index in [1.165, 1.54) is 43.6 Å². The van der Waals surface area contributed by atoms with Crippen LogP contribution in [0.15, 0.2) is 36.5 Å². The molecule has 1 aromatic heterocycles. The predicted molar refractivity (Wildman–Crippen MR) is 149 cm³/mol. The quantitative estimate of drug-likeness (QED) is 0.360. The number of hydrogen-bond acceptors (Lipinski definition) is 7. The number of aliphatic hydroxyl groups is 1. The Hall–Kier alpha value is -4.07. The van der Waals surface area contributed by atoms with E-state index < -0.39 is 17.5 Å². The summed E-state index contributed by atoms with van der Waals surface area (Å²) in [5.41, 5.74) is 1.05. The van der Waals surface area contributed by atoms with Gasteiger partial charge in [0.1, 0.15) is 0 Å². The number of amides is 3. The molecule has 3 heterocycles. The minimum Gasteiger partial charge on any atom is -0.494 e. The first-order valence-electron chi connectivity index (χ1n) is 13.3. The summed E-state index contributed by atoms with van der Waals surface area (Å²) in [7, 11) is 1.24. The molecule has 3 aromatic rings. The molecule has 2 aromatic carbocycles. The van der Waals surface area contributed by atoms with Gasteiger partial charge < -0.3 is 29.9 Å². The molecule has 5 rings (SSSR count). The Labute approximate surface area is 245 Å². The van der Waals surface area contributed by atoms with Crippen LogP contribution in [0.4, 0.5) is 14.5 Å². The van der Waals surface area contributed by atoms with Crippen LogP contribution in [-0.2, 0) is 11.2 Å². The van der Waals surface area contributed by atoms with Gasteiger partial charge in [-0.1, -0.05) is 17.7 Å². The van der Waals surface area contributed by atoms with E-state index in [9.17, 15) is 28.3 Å². The van der Waals surface area contributed by atoms with E-state index in [1.54, 1.807) is 9.80 Å². The van der Waals surface area contributed by atoms with Gasteiger partial charge in [0.05, 0.1) is 30.3 Å². The van der Waals surface area contributed by atoms with Crippen LogP contribution in [0.2, 0.25) is 5.02 Å². The summed E-state index contributed by atoms with van der Waals surface area (Å²) in [5, 5.41) is 12.2. The van der Waals surface area contributed by atoms with E-state index in [4.69, 9.17) is 16.3 Å². The number of hydrogen-bond donors (Lipinski definition) is 3. The fourth-order valence-electron chi connectivity index (χ4n) is 4.88. The molecule has 222 valence electrons. The van der Waals surface area contributed by atoms with E-state index >= 15 is 0 Å². The van der Waals surface area contributed by atoms with Crippen LogP contribution < -0.4 is 10.1 Å². The maximum Gasteiger partial charge on any atom is 0.291 e. The second-order valence-electron chi connectivity index (χ2n) is 10.2. The van der Waals surface area contributed by atoms with Crippen molar-refractivity contribution < 1.29 is 33.0 Å². The molecule has 0 atom stereocenters. The van der Waals surface area contributed by atoms with E-state index in [0.717, 1.165) is 0 Å². The van der Waals surface area contributed by atoms with Crippen molar-refractivity contribution in [2.45, 2.75) is 12.5 Å². The third-order valence-corrected chi connectivity index (χ3v) is 7.56. The number of imidazole rings is 1. The summed E-state index contributed by atoms with van der Waals surface area (Å²) in [4.78, 5) is 50.3. The number of aliphatic hydroxyl groups excluding tert-OH is 1. The number of ether oxygens (including phenoxy) is 1. The van der Waals surface area contributed by atoms with Crippen molar-refractivity contribution in [3.63, 3.8) is 0 Å². The molecular weight excluding hydrogens is 574 g/mol. The Bertz CT molecular complexity index is 1500. The predicted octanol–water partition coefficient (Wildman–Crippen LogP) is 2.15. The van der Waals surface area contributed by atoms with Crippen LogP contribution in [0.25, 0.3) is 0 Å². The highest BCUT2D eigenvalue weighted by Gasteiger charge is 2.30. The van der Waals surface area contributed by atoms with Gasteiger partial charge in [0.2, 0.25) is 11.7 Å². The van der Waals surface area contributed by atoms with E-state index in [-0.39, 0.29) is 58.6 Å². The first-order chi connectivity index (χ1) is 20.1. The largest absolute Gasteiger partial charge is 0.494 e. The Morgan fingerprint density at radius 1 is 1.10 bits per heavy atom. The number of halogens is 3. The highest BCUT2D eigenvalue weighted by Crippen LogP contribution is 2.25. The van der Waals surface area contributed by atoms with Crippen LogP contribution >= 0.6 is 11.6 Å². The molecule has 3 amide bonds. The molecule has 2 aliphatic heterocycles. The summed E-state index contributed by atoms with van der Waals surface area (Å²) in [6, 6.07) is 7.22. The molecule has 2 aliphatic rings. The number of aromatic nitrogens is 2. The molecule has 0 spiro atoms. The summed E-state index contributed by atoms with van der Waals surface area (Å²) >= 11 is 6.40. The lowest BCUT2D eigenvalue weighted by atomic mass is 10.1. The lowest BCUT2D eigenvalue weighted by molar-refractivity contribution is -0.136. The minimum absolute atomic E-state index is 0.0271. The molecule has 3 N–H and O–H groups in total. The Morgan fingerprint density at radius 3 is 2.48 bits per heavy atom. The van der Waals surface area contributed by atoms with Gasteiger partial charge in [0, 0.05) is 63.3 Å². The number of aromatic amines is 1. The summed E-state index contributed by atoms with van der Waals surface area (Å²) in [5.74, 6) is -3.30. The number of likely N-dealkylation sites (tertiary alicyclic amines) is 1. The number of rotatable bonds is 8. The molecule has 2 saturated heterocycles. The monoisotopic (exact) mass is 602 g/mol. The average Bonchev–Trinajstić information content (AvgIpc) is 3.43. The second kappa shape index (κ2) is 12.4. The second-order valence-corrected chi connectivity index (χ2v) is 10.6. The molecule has 0 unspecified atom stereocenters. The van der Waals surface area contributed by atoms with Crippen molar-refractivity contribution in [3.8, 4) is 5.75 Å². The molecule has 0 bridgehead atoms. The van der Waals surface area contributed by atoms with Crippen molar-refractivity contribution in [2.24, 2.45) is 0 Å². The molecular formula is C28H29ClF2N6O5. The zero-order valence-electron chi connectivity index (χ0n) is 22.7. The smallest absolute Gasteiger partial charge is 0.291 e. The number of carbonyl (C=O) groups is 3. The molecule has 0 aliphatic carbocycles. The number of H-pyrrole nitrogens is 1. The van der Waals surface area contributed by atoms with Crippen LogP contribution in [0.1, 0.15) is 32.2 Å². The number of methoxy groups -OCH3 is 1. The van der Waals surface area contributed by atoms with E-state index in [2.05, 4.69) is 15.3 Å². The van der Waals surface area contributed by atoms with Crippen molar-refractivity contribution in [1.82, 2.24) is 24.7 Å². The number of benzene rings is 2. The van der Waals surface area contributed by atoms with Gasteiger partial charge in [-0.3, -0.25) is 19.3 Å². The summed E-state index contributed by atoms with van der Waals surface area (Å²) < 4.78 is 33.1. The van der Waals surface area contributed by atoms with Crippen LogP contribution in [0.5, 0.6) is 5.75 Å². The summed E-state index contributed by atoms with van der Waals surface area (Å²) in [6.07, 6.45) is 0.958. The maximum atomic E-state index is 14.3. The van der Waals surface area contributed by atoms with Crippen molar-refractivity contribution >= 4 is 35.0 Å². The fourth-order valence-corrected chi connectivity index (χ4v) is 5.15. The Balaban J connectivity index is 1.15. The maximum absolute atomic E-state index is 14.3. The van der Waals surface area contributed by atoms with Gasteiger partial charge in [0.25, 0.3) is 11.8 Å². The van der Waals surface area contributed by atoms with Gasteiger partial charge in [-0.2, -0.15) is 4.39 Å². The normalized spacial score (nSPS) is 15.8. The van der Waals surface area contributed by atoms with Gasteiger partial charge in [-0.05, 0) is 29.8 Å². The van der Waals surface area contributed by atoms with E-state index in [1.807, 2.05) is 4.90 Å². The molecule has 42 heavy (non-hydrogen) atoms. The number of nitrogens with zero attached hydrogens (tertiary/aromatic N) is 4. The number of carbonyl (C=O) groups excluding carboxylic acids is 3. The van der Waals surface area contributed by atoms with Crippen LogP contribution in [0, 0.1) is 11.6 Å². The topological polar surface area (TPSA) is 131 Å². The number of β-amino-alcohol motifs (C(OH)–C–C–N with tert-alkyl or cyclic N) is 1. The first kappa shape index (κ1) is 29.4. The molecule has 14 heteroatoms. The highest BCUT2D eigenvalue weighted by molar-refractivity contribution is 6.34. The van der Waals surface area contributed by atoms with Crippen molar-refractivity contribution in [3.05, 3.63) is 75.8 Å². The minimum atomic E-state index is -1.09. The van der Waals surface area contributed by atoms with E-state index in [0.29, 0.717) is 50.6 Å². The first-order valence-corrected chi connectivity index (χ1v) is 13.6. The lowest BCUT2D eigenvalue weighted by Gasteiger charge is -2.39. The molecule has 0 saturated carbocycles. The van der Waals surface area contributed by atoms with Crippen molar-refractivity contribution in [2.75, 3.05) is 58.2 Å². The lowest BCUT2D eigenvalue weighted by Crippen LogP contribution is -2.57. The number of nitrogens with one attached hydrogen (secondary N) is 2. The molecule has 2 fully saturated rings. The van der Waals surface area contributed by atoms with Crippen LogP contribution in [0.3, 0.4) is 0 Å². The SMILES string of the molecule is COc1ccc(Cc2cnc(C(=O)Nc3ccc(C(=O)N4CCN(C(=O)CN5CC(O)C5)CC4)c(Cl)c3)[nH]2)c(F)c1F. The van der Waals surface area contributed by atoms with Gasteiger partial charge >= 0.3 is 0 Å². The third-order valence-electron chi connectivity index (χ3n) is 7.24. The van der Waals surface area contributed by atoms with Crippen molar-refractivity contribution in [1.29, 1.82) is 0 Å². The Morgan fingerprint density at radius 2 is 1.81 bits per heavy atom. The summed E-state index contributed by atoms with van der Waals surface area (Å²) in [6.45, 7) is 2.76. The fraction of sp³-hybridized carbons (Fsp3) is 0.357. The Kier molecular flexibility index (Phi) is 8.71. The highest BCUT2D eigenvalue weighted by atomic mass is 35.5.